The minimum atomic E-state index is -0.982. The molecule has 1 aromatic heterocycles. The molecule has 25 heavy (non-hydrogen) atoms. The highest BCUT2D eigenvalue weighted by Gasteiger charge is 2.36. The van der Waals surface area contributed by atoms with E-state index in [4.69, 9.17) is 0 Å². The number of amides is 1. The van der Waals surface area contributed by atoms with Crippen LogP contribution in [-0.2, 0) is 4.79 Å². The van der Waals surface area contributed by atoms with Gasteiger partial charge in [-0.05, 0) is 31.0 Å². The predicted molar refractivity (Wildman–Crippen MR) is 90.1 cm³/mol. The first kappa shape index (κ1) is 17.1. The zero-order chi connectivity index (χ0) is 18.0. The van der Waals surface area contributed by atoms with E-state index in [0.717, 1.165) is 25.3 Å². The quantitative estimate of drug-likeness (QED) is 0.792. The van der Waals surface area contributed by atoms with Gasteiger partial charge in [-0.3, -0.25) is 14.4 Å². The number of aromatic amines is 1. The van der Waals surface area contributed by atoms with Crippen LogP contribution in [0.15, 0.2) is 29.1 Å². The summed E-state index contributed by atoms with van der Waals surface area (Å²) in [4.78, 5) is 38.4. The zero-order valence-corrected chi connectivity index (χ0v) is 13.6. The number of hydrogen-bond donors (Lipinski definition) is 3. The molecule has 2 aromatic rings. The maximum atomic E-state index is 13.6. The largest absolute Gasteiger partial charge is 0.481 e. The van der Waals surface area contributed by atoms with Crippen molar-refractivity contribution in [1.82, 2.24) is 10.3 Å². The van der Waals surface area contributed by atoms with Crippen LogP contribution >= 0.6 is 0 Å². The number of carbonyl (C=O) groups is 2. The van der Waals surface area contributed by atoms with Gasteiger partial charge in [0.2, 0.25) is 5.56 Å². The fourth-order valence-corrected chi connectivity index (χ4v) is 3.59. The molecule has 1 fully saturated rings. The second-order valence-corrected chi connectivity index (χ2v) is 6.60. The maximum absolute atomic E-state index is 13.6. The number of rotatable bonds is 4. The highest BCUT2D eigenvalue weighted by Crippen LogP contribution is 2.32. The summed E-state index contributed by atoms with van der Waals surface area (Å²) in [7, 11) is 0. The molecule has 1 aliphatic rings. The van der Waals surface area contributed by atoms with Gasteiger partial charge in [-0.1, -0.05) is 19.3 Å². The molecule has 0 bridgehead atoms. The van der Waals surface area contributed by atoms with Gasteiger partial charge in [0.1, 0.15) is 5.82 Å². The van der Waals surface area contributed by atoms with Crippen molar-refractivity contribution in [3.8, 4) is 0 Å². The number of halogens is 1. The molecule has 132 valence electrons. The average molecular weight is 346 g/mol. The molecular weight excluding hydrogens is 327 g/mol. The van der Waals surface area contributed by atoms with Crippen LogP contribution in [0, 0.1) is 5.82 Å². The topological polar surface area (TPSA) is 99.3 Å². The Morgan fingerprint density at radius 2 is 1.92 bits per heavy atom. The number of aliphatic carboxylic acids is 1. The van der Waals surface area contributed by atoms with Crippen LogP contribution in [0.2, 0.25) is 0 Å². The third-order valence-corrected chi connectivity index (χ3v) is 4.73. The van der Waals surface area contributed by atoms with Crippen LogP contribution in [0.5, 0.6) is 0 Å². The summed E-state index contributed by atoms with van der Waals surface area (Å²) in [5.74, 6) is -2.06. The number of carbonyl (C=O) groups excluding carboxylic acids is 1. The standard InChI is InChI=1S/C18H19FN2O4/c19-11-4-5-14-12(8-11)13(9-15(22)20-14)17(25)21-18(10-16(23)24)6-2-1-3-7-18/h4-5,8-9H,1-3,6-7,10H2,(H,20,22)(H,21,25)(H,23,24). The van der Waals surface area contributed by atoms with E-state index in [1.54, 1.807) is 0 Å². The van der Waals surface area contributed by atoms with Crippen LogP contribution in [-0.4, -0.2) is 27.5 Å². The molecular formula is C18H19FN2O4. The van der Waals surface area contributed by atoms with Gasteiger partial charge in [0, 0.05) is 17.0 Å². The van der Waals surface area contributed by atoms with E-state index in [1.165, 1.54) is 18.2 Å². The normalized spacial score (nSPS) is 16.5. The average Bonchev–Trinajstić information content (AvgIpc) is 2.54. The van der Waals surface area contributed by atoms with Gasteiger partial charge in [0.15, 0.2) is 0 Å². The van der Waals surface area contributed by atoms with Crippen molar-refractivity contribution in [1.29, 1.82) is 0 Å². The summed E-state index contributed by atoms with van der Waals surface area (Å²) >= 11 is 0. The molecule has 0 saturated heterocycles. The van der Waals surface area contributed by atoms with Crippen LogP contribution in [0.25, 0.3) is 10.9 Å². The molecule has 1 amide bonds. The molecule has 1 saturated carbocycles. The summed E-state index contributed by atoms with van der Waals surface area (Å²) in [5.41, 5.74) is -0.896. The lowest BCUT2D eigenvalue weighted by molar-refractivity contribution is -0.139. The zero-order valence-electron chi connectivity index (χ0n) is 13.6. The van der Waals surface area contributed by atoms with E-state index in [-0.39, 0.29) is 12.0 Å². The lowest BCUT2D eigenvalue weighted by Gasteiger charge is -2.37. The summed E-state index contributed by atoms with van der Waals surface area (Å²) in [5, 5.41) is 12.3. The molecule has 1 aromatic carbocycles. The van der Waals surface area contributed by atoms with Crippen LogP contribution in [0.1, 0.15) is 48.9 Å². The molecule has 0 spiro atoms. The smallest absolute Gasteiger partial charge is 0.305 e. The van der Waals surface area contributed by atoms with Crippen LogP contribution in [0.4, 0.5) is 4.39 Å². The first-order valence-corrected chi connectivity index (χ1v) is 8.25. The summed E-state index contributed by atoms with van der Waals surface area (Å²) in [6.07, 6.45) is 3.63. The van der Waals surface area contributed by atoms with Gasteiger partial charge < -0.3 is 15.4 Å². The molecule has 0 atom stereocenters. The number of carboxylic acids is 1. The van der Waals surface area contributed by atoms with Gasteiger partial charge in [-0.15, -0.1) is 0 Å². The fourth-order valence-electron chi connectivity index (χ4n) is 3.59. The molecule has 0 radical (unpaired) electrons. The molecule has 1 aliphatic carbocycles. The van der Waals surface area contributed by atoms with Gasteiger partial charge in [0.05, 0.1) is 17.5 Å². The second-order valence-electron chi connectivity index (χ2n) is 6.60. The highest BCUT2D eigenvalue weighted by atomic mass is 19.1. The molecule has 3 N–H and O–H groups in total. The van der Waals surface area contributed by atoms with Crippen molar-refractivity contribution in [2.45, 2.75) is 44.1 Å². The van der Waals surface area contributed by atoms with Crippen molar-refractivity contribution in [3.63, 3.8) is 0 Å². The molecule has 1 heterocycles. The Morgan fingerprint density at radius 3 is 2.60 bits per heavy atom. The number of aromatic nitrogens is 1. The summed E-state index contributed by atoms with van der Waals surface area (Å²) in [6, 6.07) is 4.91. The highest BCUT2D eigenvalue weighted by molar-refractivity contribution is 6.06. The van der Waals surface area contributed by atoms with E-state index >= 15 is 0 Å². The van der Waals surface area contributed by atoms with E-state index in [2.05, 4.69) is 10.3 Å². The Kier molecular flexibility index (Phi) is 4.57. The molecule has 3 rings (SSSR count). The number of hydrogen-bond acceptors (Lipinski definition) is 3. The van der Waals surface area contributed by atoms with E-state index < -0.39 is 28.8 Å². The first-order chi connectivity index (χ1) is 11.9. The van der Waals surface area contributed by atoms with Gasteiger partial charge in [-0.2, -0.15) is 0 Å². The fraction of sp³-hybridized carbons (Fsp3) is 0.389. The van der Waals surface area contributed by atoms with Crippen molar-refractivity contribution in [3.05, 3.63) is 46.0 Å². The number of fused-ring (bicyclic) bond motifs is 1. The maximum Gasteiger partial charge on any atom is 0.305 e. The van der Waals surface area contributed by atoms with E-state index in [0.29, 0.717) is 23.7 Å². The van der Waals surface area contributed by atoms with Gasteiger partial charge in [0.25, 0.3) is 5.91 Å². The SMILES string of the molecule is O=C(O)CC1(NC(=O)c2cc(=O)[nH]c3ccc(F)cc23)CCCCC1. The Labute approximate surface area is 143 Å². The Hall–Kier alpha value is -2.70. The number of carboxylic acid groups (broad SMARTS) is 1. The Bertz CT molecular complexity index is 884. The minimum Gasteiger partial charge on any atom is -0.481 e. The third kappa shape index (κ3) is 3.70. The molecule has 0 aliphatic heterocycles. The van der Waals surface area contributed by atoms with Crippen molar-refractivity contribution >= 4 is 22.8 Å². The third-order valence-electron chi connectivity index (χ3n) is 4.73. The number of H-pyrrole nitrogens is 1. The van der Waals surface area contributed by atoms with E-state index in [9.17, 15) is 23.9 Å². The Morgan fingerprint density at radius 1 is 1.20 bits per heavy atom. The van der Waals surface area contributed by atoms with Gasteiger partial charge in [-0.25, -0.2) is 4.39 Å². The molecule has 7 heteroatoms. The first-order valence-electron chi connectivity index (χ1n) is 8.25. The van der Waals surface area contributed by atoms with Crippen LogP contribution in [0.3, 0.4) is 0 Å². The number of benzene rings is 1. The monoisotopic (exact) mass is 346 g/mol. The summed E-state index contributed by atoms with van der Waals surface area (Å²) in [6.45, 7) is 0. The minimum absolute atomic E-state index is 0.0496. The van der Waals surface area contributed by atoms with Crippen LogP contribution < -0.4 is 10.9 Å². The lowest BCUT2D eigenvalue weighted by Crippen LogP contribution is -2.51. The Balaban J connectivity index is 1.99. The second kappa shape index (κ2) is 6.66. The van der Waals surface area contributed by atoms with Gasteiger partial charge >= 0.3 is 5.97 Å². The number of nitrogens with one attached hydrogen (secondary N) is 2. The van der Waals surface area contributed by atoms with Crippen molar-refractivity contribution in [2.24, 2.45) is 0 Å². The molecule has 0 unspecified atom stereocenters. The van der Waals surface area contributed by atoms with E-state index in [1.807, 2.05) is 0 Å². The summed E-state index contributed by atoms with van der Waals surface area (Å²) < 4.78 is 13.6. The predicted octanol–water partition coefficient (Wildman–Crippen LogP) is 2.57. The van der Waals surface area contributed by atoms with Crippen molar-refractivity contribution < 1.29 is 19.1 Å². The lowest BCUT2D eigenvalue weighted by atomic mass is 9.79. The van der Waals surface area contributed by atoms with Crippen molar-refractivity contribution in [2.75, 3.05) is 0 Å². The number of pyridine rings is 1. The molecule has 6 nitrogen and oxygen atoms in total.